The van der Waals surface area contributed by atoms with Gasteiger partial charge in [-0.25, -0.2) is 0 Å². The van der Waals surface area contributed by atoms with Crippen molar-refractivity contribution in [2.75, 3.05) is 0 Å². The van der Waals surface area contributed by atoms with Gasteiger partial charge < -0.3 is 5.32 Å². The van der Waals surface area contributed by atoms with Crippen molar-refractivity contribution >= 4 is 0 Å². The van der Waals surface area contributed by atoms with Crippen molar-refractivity contribution in [3.63, 3.8) is 0 Å². The Labute approximate surface area is 95.3 Å². The Kier molecular flexibility index (Phi) is 3.31. The molecule has 16 heavy (non-hydrogen) atoms. The van der Waals surface area contributed by atoms with Crippen molar-refractivity contribution in [3.8, 4) is 0 Å². The fourth-order valence-electron chi connectivity index (χ4n) is 1.59. The molecule has 1 N–H and O–H groups in total. The van der Waals surface area contributed by atoms with Crippen LogP contribution < -0.4 is 5.32 Å². The van der Waals surface area contributed by atoms with Gasteiger partial charge in [-0.3, -0.25) is 4.68 Å². The lowest BCUT2D eigenvalue weighted by atomic mass is 10.1. The second-order valence-corrected chi connectivity index (χ2v) is 3.86. The summed E-state index contributed by atoms with van der Waals surface area (Å²) >= 11 is 0. The molecule has 0 fully saturated rings. The largest absolute Gasteiger partial charge is 0.305 e. The van der Waals surface area contributed by atoms with Crippen molar-refractivity contribution in [3.05, 3.63) is 47.8 Å². The fourth-order valence-corrected chi connectivity index (χ4v) is 1.59. The summed E-state index contributed by atoms with van der Waals surface area (Å²) in [4.78, 5) is 0. The normalized spacial score (nSPS) is 12.6. The zero-order valence-electron chi connectivity index (χ0n) is 9.59. The maximum absolute atomic E-state index is 3.89. The predicted molar refractivity (Wildman–Crippen MR) is 62.7 cm³/mol. The van der Waals surface area contributed by atoms with Gasteiger partial charge in [0.1, 0.15) is 0 Å². The molecule has 0 saturated heterocycles. The molecule has 2 aromatic rings. The molecule has 1 heterocycles. The summed E-state index contributed by atoms with van der Waals surface area (Å²) in [7, 11) is 1.90. The minimum atomic E-state index is 0.330. The van der Waals surface area contributed by atoms with Crippen molar-refractivity contribution in [2.24, 2.45) is 7.05 Å². The number of nitrogens with zero attached hydrogens (tertiary/aromatic N) is 3. The van der Waals surface area contributed by atoms with Crippen molar-refractivity contribution in [1.82, 2.24) is 20.3 Å². The summed E-state index contributed by atoms with van der Waals surface area (Å²) in [5, 5.41) is 11.2. The molecule has 1 aromatic carbocycles. The first-order valence-corrected chi connectivity index (χ1v) is 5.39. The van der Waals surface area contributed by atoms with Crippen molar-refractivity contribution < 1.29 is 0 Å². The van der Waals surface area contributed by atoms with E-state index in [1.165, 1.54) is 5.56 Å². The van der Waals surface area contributed by atoms with Crippen LogP contribution >= 0.6 is 0 Å². The summed E-state index contributed by atoms with van der Waals surface area (Å²) in [6, 6.07) is 10.7. The van der Waals surface area contributed by atoms with Crippen LogP contribution in [0.3, 0.4) is 0 Å². The summed E-state index contributed by atoms with van der Waals surface area (Å²) in [5.41, 5.74) is 2.38. The molecule has 84 valence electrons. The summed E-state index contributed by atoms with van der Waals surface area (Å²) in [6.45, 7) is 2.93. The molecule has 0 spiro atoms. The Morgan fingerprint density at radius 3 is 2.69 bits per heavy atom. The molecule has 1 atom stereocenters. The number of hydrogen-bond acceptors (Lipinski definition) is 3. The standard InChI is InChI=1S/C12H16N4/c1-10(11-6-4-3-5-7-11)13-8-12-9-14-15-16(12)2/h3-7,9-10,13H,8H2,1-2H3/t10-/m1/s1. The van der Waals surface area contributed by atoms with Crippen LogP contribution in [-0.4, -0.2) is 15.0 Å². The Balaban J connectivity index is 1.94. The van der Waals surface area contributed by atoms with Gasteiger partial charge in [-0.15, -0.1) is 5.10 Å². The van der Waals surface area contributed by atoms with E-state index in [1.807, 2.05) is 13.1 Å². The Bertz CT molecular complexity index is 435. The highest BCUT2D eigenvalue weighted by molar-refractivity contribution is 5.18. The molecule has 0 saturated carbocycles. The molecule has 0 amide bonds. The monoisotopic (exact) mass is 216 g/mol. The highest BCUT2D eigenvalue weighted by Crippen LogP contribution is 2.11. The maximum Gasteiger partial charge on any atom is 0.0738 e. The molecular formula is C12H16N4. The van der Waals surface area contributed by atoms with E-state index >= 15 is 0 Å². The van der Waals surface area contributed by atoms with E-state index in [0.717, 1.165) is 12.2 Å². The lowest BCUT2D eigenvalue weighted by Gasteiger charge is -2.13. The Morgan fingerprint density at radius 1 is 1.31 bits per heavy atom. The molecule has 0 aliphatic carbocycles. The van der Waals surface area contributed by atoms with Gasteiger partial charge in [-0.05, 0) is 12.5 Å². The summed E-state index contributed by atoms with van der Waals surface area (Å²) < 4.78 is 1.78. The van der Waals surface area contributed by atoms with Gasteiger partial charge >= 0.3 is 0 Å². The summed E-state index contributed by atoms with van der Waals surface area (Å²) in [5.74, 6) is 0. The molecule has 2 rings (SSSR count). The van der Waals surface area contributed by atoms with E-state index in [9.17, 15) is 0 Å². The van der Waals surface area contributed by atoms with Crippen LogP contribution in [-0.2, 0) is 13.6 Å². The fraction of sp³-hybridized carbons (Fsp3) is 0.333. The van der Waals surface area contributed by atoms with E-state index in [-0.39, 0.29) is 0 Å². The van der Waals surface area contributed by atoms with Gasteiger partial charge in [0.05, 0.1) is 11.9 Å². The van der Waals surface area contributed by atoms with Crippen molar-refractivity contribution in [2.45, 2.75) is 19.5 Å². The Morgan fingerprint density at radius 2 is 2.06 bits per heavy atom. The minimum Gasteiger partial charge on any atom is -0.305 e. The van der Waals surface area contributed by atoms with Gasteiger partial charge in [0, 0.05) is 19.6 Å². The first-order chi connectivity index (χ1) is 7.77. The smallest absolute Gasteiger partial charge is 0.0738 e. The summed E-state index contributed by atoms with van der Waals surface area (Å²) in [6.07, 6.45) is 1.78. The van der Waals surface area contributed by atoms with E-state index < -0.39 is 0 Å². The average molecular weight is 216 g/mol. The molecular weight excluding hydrogens is 200 g/mol. The molecule has 0 aliphatic heterocycles. The zero-order chi connectivity index (χ0) is 11.4. The average Bonchev–Trinajstić information content (AvgIpc) is 2.73. The van der Waals surface area contributed by atoms with E-state index in [1.54, 1.807) is 10.9 Å². The third-order valence-corrected chi connectivity index (χ3v) is 2.70. The first kappa shape index (κ1) is 10.8. The first-order valence-electron chi connectivity index (χ1n) is 5.39. The quantitative estimate of drug-likeness (QED) is 0.845. The van der Waals surface area contributed by atoms with Crippen LogP contribution in [0.25, 0.3) is 0 Å². The Hall–Kier alpha value is -1.68. The maximum atomic E-state index is 3.89. The number of aromatic nitrogens is 3. The number of hydrogen-bond donors (Lipinski definition) is 1. The van der Waals surface area contributed by atoms with Crippen LogP contribution in [0, 0.1) is 0 Å². The molecule has 0 radical (unpaired) electrons. The van der Waals surface area contributed by atoms with Gasteiger partial charge in [0.2, 0.25) is 0 Å². The number of nitrogens with one attached hydrogen (secondary N) is 1. The number of rotatable bonds is 4. The van der Waals surface area contributed by atoms with Gasteiger partial charge in [-0.1, -0.05) is 35.5 Å². The van der Waals surface area contributed by atoms with Gasteiger partial charge in [-0.2, -0.15) is 0 Å². The lowest BCUT2D eigenvalue weighted by molar-refractivity contribution is 0.546. The molecule has 0 unspecified atom stereocenters. The molecule has 1 aromatic heterocycles. The molecule has 4 nitrogen and oxygen atoms in total. The topological polar surface area (TPSA) is 42.7 Å². The molecule has 4 heteroatoms. The highest BCUT2D eigenvalue weighted by Gasteiger charge is 2.05. The van der Waals surface area contributed by atoms with E-state index in [2.05, 4.69) is 46.8 Å². The number of benzene rings is 1. The third-order valence-electron chi connectivity index (χ3n) is 2.70. The van der Waals surface area contributed by atoms with Crippen LogP contribution in [0.2, 0.25) is 0 Å². The third kappa shape index (κ3) is 2.46. The minimum absolute atomic E-state index is 0.330. The van der Waals surface area contributed by atoms with Crippen LogP contribution in [0.1, 0.15) is 24.2 Å². The SMILES string of the molecule is C[C@@H](NCc1cnnn1C)c1ccccc1. The van der Waals surface area contributed by atoms with Crippen LogP contribution in [0.4, 0.5) is 0 Å². The predicted octanol–water partition coefficient (Wildman–Crippen LogP) is 1.67. The van der Waals surface area contributed by atoms with Gasteiger partial charge in [0.15, 0.2) is 0 Å². The molecule has 0 bridgehead atoms. The van der Waals surface area contributed by atoms with Crippen LogP contribution in [0.15, 0.2) is 36.5 Å². The highest BCUT2D eigenvalue weighted by atomic mass is 15.4. The van der Waals surface area contributed by atoms with E-state index in [0.29, 0.717) is 6.04 Å². The van der Waals surface area contributed by atoms with E-state index in [4.69, 9.17) is 0 Å². The number of aryl methyl sites for hydroxylation is 1. The molecule has 0 aliphatic rings. The lowest BCUT2D eigenvalue weighted by Crippen LogP contribution is -2.19. The van der Waals surface area contributed by atoms with Crippen molar-refractivity contribution in [1.29, 1.82) is 0 Å². The second-order valence-electron chi connectivity index (χ2n) is 3.86. The second kappa shape index (κ2) is 4.90. The van der Waals surface area contributed by atoms with Gasteiger partial charge in [0.25, 0.3) is 0 Å². The zero-order valence-corrected chi connectivity index (χ0v) is 9.59. The van der Waals surface area contributed by atoms with Crippen LogP contribution in [0.5, 0.6) is 0 Å².